The Hall–Kier alpha value is -1.19. The highest BCUT2D eigenvalue weighted by Gasteiger charge is 2.50. The molecule has 3 nitrogen and oxygen atoms in total. The monoisotopic (exact) mass is 458 g/mol. The van der Waals surface area contributed by atoms with Gasteiger partial charge in [0, 0.05) is 5.41 Å². The van der Waals surface area contributed by atoms with Gasteiger partial charge in [-0.1, -0.05) is 72.8 Å². The molecule has 0 aromatic carbocycles. The average molecular weight is 459 g/mol. The summed E-state index contributed by atoms with van der Waals surface area (Å²) in [5.74, 6) is 1.93. The van der Waals surface area contributed by atoms with Crippen LogP contribution in [0.15, 0.2) is 35.5 Å². The Labute approximate surface area is 203 Å². The summed E-state index contributed by atoms with van der Waals surface area (Å²) in [6, 6.07) is 0. The number of rotatable bonds is 6. The lowest BCUT2D eigenvalue weighted by atomic mass is 9.61. The van der Waals surface area contributed by atoms with Gasteiger partial charge in [-0.2, -0.15) is 0 Å². The number of fused-ring (bicyclic) bond motifs is 1. The second-order valence-electron chi connectivity index (χ2n) is 11.6. The molecule has 0 aromatic rings. The van der Waals surface area contributed by atoms with Crippen LogP contribution in [0, 0.1) is 28.6 Å². The van der Waals surface area contributed by atoms with Gasteiger partial charge in [0.25, 0.3) is 0 Å². The number of Topliss-reactive ketones (excluding diaryl/α,β-unsaturated/α-hetero) is 1. The first-order valence-corrected chi connectivity index (χ1v) is 13.4. The standard InChI is InChI=1S/C28H44O3.C2H6/c1-19(17-31-18-26(30)27(3,4)5)23-14-15-24-22(10-8-16-28(23,24)6)13-12-21-9-7-11-25(29)20(21)2;1-2/h12-13,19,23-25,29H,2,7-11,14-18H2,1,3-6H3;1-2H3/b21-12-,22-13+;/t19-,23-,24+,25+,28-;/m1./s1. The van der Waals surface area contributed by atoms with E-state index in [1.165, 1.54) is 37.7 Å². The van der Waals surface area contributed by atoms with Gasteiger partial charge in [0.15, 0.2) is 5.78 Å². The number of allylic oxidation sites excluding steroid dienone is 3. The van der Waals surface area contributed by atoms with E-state index in [4.69, 9.17) is 4.74 Å². The van der Waals surface area contributed by atoms with Gasteiger partial charge in [0.05, 0.1) is 12.7 Å². The van der Waals surface area contributed by atoms with Crippen LogP contribution in [0.4, 0.5) is 0 Å². The molecule has 0 saturated heterocycles. The number of ketones is 1. The van der Waals surface area contributed by atoms with Gasteiger partial charge >= 0.3 is 0 Å². The van der Waals surface area contributed by atoms with Gasteiger partial charge in [0.2, 0.25) is 0 Å². The van der Waals surface area contributed by atoms with Gasteiger partial charge in [-0.3, -0.25) is 4.79 Å². The molecule has 0 heterocycles. The van der Waals surface area contributed by atoms with Crippen molar-refractivity contribution >= 4 is 5.78 Å². The second-order valence-corrected chi connectivity index (χ2v) is 11.6. The molecule has 33 heavy (non-hydrogen) atoms. The van der Waals surface area contributed by atoms with Crippen LogP contribution in [0.2, 0.25) is 0 Å². The van der Waals surface area contributed by atoms with Crippen molar-refractivity contribution in [3.05, 3.63) is 35.5 Å². The number of hydrogen-bond acceptors (Lipinski definition) is 3. The summed E-state index contributed by atoms with van der Waals surface area (Å²) in [5, 5.41) is 10.1. The number of carbonyl (C=O) groups is 1. The molecule has 0 aromatic heterocycles. The number of aliphatic hydroxyl groups excluding tert-OH is 1. The van der Waals surface area contributed by atoms with Crippen LogP contribution in [0.3, 0.4) is 0 Å². The van der Waals surface area contributed by atoms with Gasteiger partial charge in [0.1, 0.15) is 6.61 Å². The largest absolute Gasteiger partial charge is 0.388 e. The first kappa shape index (κ1) is 28.1. The lowest BCUT2D eigenvalue weighted by Crippen LogP contribution is -2.37. The van der Waals surface area contributed by atoms with E-state index in [1.807, 2.05) is 34.6 Å². The van der Waals surface area contributed by atoms with Crippen molar-refractivity contribution in [3.63, 3.8) is 0 Å². The van der Waals surface area contributed by atoms with E-state index in [1.54, 1.807) is 5.57 Å². The molecule has 0 aliphatic heterocycles. The molecule has 3 aliphatic carbocycles. The van der Waals surface area contributed by atoms with Crippen molar-refractivity contribution in [1.29, 1.82) is 0 Å². The summed E-state index contributed by atoms with van der Waals surface area (Å²) in [4.78, 5) is 12.2. The third-order valence-corrected chi connectivity index (χ3v) is 8.41. The van der Waals surface area contributed by atoms with Gasteiger partial charge in [-0.15, -0.1) is 0 Å². The van der Waals surface area contributed by atoms with Gasteiger partial charge < -0.3 is 9.84 Å². The van der Waals surface area contributed by atoms with E-state index in [9.17, 15) is 9.90 Å². The molecule has 0 amide bonds. The van der Waals surface area contributed by atoms with Gasteiger partial charge in [-0.05, 0) is 85.7 Å². The first-order chi connectivity index (χ1) is 15.5. The molecule has 5 atom stereocenters. The summed E-state index contributed by atoms with van der Waals surface area (Å²) in [5.41, 5.74) is 3.74. The van der Waals surface area contributed by atoms with Crippen molar-refractivity contribution in [2.24, 2.45) is 28.6 Å². The third kappa shape index (κ3) is 6.69. The Morgan fingerprint density at radius 3 is 2.55 bits per heavy atom. The molecule has 3 aliphatic rings. The SMILES string of the molecule is C=C1/C(=C\C=C2/CCC[C@]3(C)[C@@H]([C@H](C)COCC(=O)C(C)(C)C)CC[C@@H]23)CCC[C@@H]1O.CC. The Balaban J connectivity index is 0.00000187. The number of carbonyl (C=O) groups excluding carboxylic acids is 1. The molecular formula is C30H50O3. The lowest BCUT2D eigenvalue weighted by Gasteiger charge is -2.44. The summed E-state index contributed by atoms with van der Waals surface area (Å²) in [6.45, 7) is 19.7. The van der Waals surface area contributed by atoms with Crippen LogP contribution >= 0.6 is 0 Å². The third-order valence-electron chi connectivity index (χ3n) is 8.41. The fourth-order valence-electron chi connectivity index (χ4n) is 6.32. The fraction of sp³-hybridized carbons (Fsp3) is 0.767. The Morgan fingerprint density at radius 1 is 1.18 bits per heavy atom. The zero-order valence-electron chi connectivity index (χ0n) is 22.5. The molecule has 3 saturated carbocycles. The molecule has 0 unspecified atom stereocenters. The van der Waals surface area contributed by atoms with E-state index in [2.05, 4.69) is 32.6 Å². The normalized spacial score (nSPS) is 33.5. The average Bonchev–Trinajstić information content (AvgIpc) is 3.13. The van der Waals surface area contributed by atoms with E-state index in [0.717, 1.165) is 24.8 Å². The maximum atomic E-state index is 12.2. The van der Waals surface area contributed by atoms with E-state index < -0.39 is 0 Å². The molecular weight excluding hydrogens is 408 g/mol. The van der Waals surface area contributed by atoms with Crippen LogP contribution in [-0.2, 0) is 9.53 Å². The minimum absolute atomic E-state index is 0.181. The van der Waals surface area contributed by atoms with Crippen LogP contribution in [-0.4, -0.2) is 30.2 Å². The summed E-state index contributed by atoms with van der Waals surface area (Å²) >= 11 is 0. The number of hydrogen-bond donors (Lipinski definition) is 1. The Kier molecular flexibility index (Phi) is 10.2. The van der Waals surface area contributed by atoms with Crippen LogP contribution in [0.1, 0.15) is 99.8 Å². The van der Waals surface area contributed by atoms with Crippen molar-refractivity contribution < 1.29 is 14.6 Å². The van der Waals surface area contributed by atoms with Crippen LogP contribution in [0.25, 0.3) is 0 Å². The van der Waals surface area contributed by atoms with Crippen molar-refractivity contribution in [2.45, 2.75) is 106 Å². The smallest absolute Gasteiger partial charge is 0.163 e. The first-order valence-electron chi connectivity index (χ1n) is 13.4. The quantitative estimate of drug-likeness (QED) is 0.449. The molecule has 0 bridgehead atoms. The number of ether oxygens (including phenoxy) is 1. The molecule has 3 heteroatoms. The predicted molar refractivity (Wildman–Crippen MR) is 139 cm³/mol. The highest BCUT2D eigenvalue weighted by molar-refractivity contribution is 5.84. The van der Waals surface area contributed by atoms with E-state index in [-0.39, 0.29) is 23.9 Å². The molecule has 0 spiro atoms. The Bertz CT molecular complexity index is 738. The van der Waals surface area contributed by atoms with E-state index in [0.29, 0.717) is 29.8 Å². The molecule has 188 valence electrons. The predicted octanol–water partition coefficient (Wildman–Crippen LogP) is 7.45. The summed E-state index contributed by atoms with van der Waals surface area (Å²) < 4.78 is 5.89. The fourth-order valence-corrected chi connectivity index (χ4v) is 6.32. The molecule has 3 fully saturated rings. The highest BCUT2D eigenvalue weighted by Crippen LogP contribution is 2.59. The second kappa shape index (κ2) is 12.0. The molecule has 1 N–H and O–H groups in total. The van der Waals surface area contributed by atoms with Crippen LogP contribution in [0.5, 0.6) is 0 Å². The van der Waals surface area contributed by atoms with Crippen molar-refractivity contribution in [3.8, 4) is 0 Å². The van der Waals surface area contributed by atoms with Crippen molar-refractivity contribution in [1.82, 2.24) is 0 Å². The molecule has 3 rings (SSSR count). The summed E-state index contributed by atoms with van der Waals surface area (Å²) in [7, 11) is 0. The summed E-state index contributed by atoms with van der Waals surface area (Å²) in [6.07, 6.45) is 13.4. The lowest BCUT2D eigenvalue weighted by molar-refractivity contribution is -0.131. The van der Waals surface area contributed by atoms with Gasteiger partial charge in [-0.25, -0.2) is 0 Å². The zero-order valence-corrected chi connectivity index (χ0v) is 22.5. The zero-order chi connectivity index (χ0) is 24.8. The topological polar surface area (TPSA) is 46.5 Å². The number of aliphatic hydroxyl groups is 1. The Morgan fingerprint density at radius 2 is 1.88 bits per heavy atom. The maximum absolute atomic E-state index is 12.2. The minimum Gasteiger partial charge on any atom is -0.388 e. The molecule has 0 radical (unpaired) electrons. The maximum Gasteiger partial charge on any atom is 0.163 e. The van der Waals surface area contributed by atoms with Crippen molar-refractivity contribution in [2.75, 3.05) is 13.2 Å². The minimum atomic E-state index is -0.364. The van der Waals surface area contributed by atoms with E-state index >= 15 is 0 Å². The van der Waals surface area contributed by atoms with Crippen LogP contribution < -0.4 is 0 Å². The highest BCUT2D eigenvalue weighted by atomic mass is 16.5.